The minimum atomic E-state index is -1.21. The molecule has 0 aliphatic heterocycles. The Hall–Kier alpha value is -3.84. The highest BCUT2D eigenvalue weighted by molar-refractivity contribution is 6.31. The third-order valence-corrected chi connectivity index (χ3v) is 5.92. The molecule has 0 radical (unpaired) electrons. The second kappa shape index (κ2) is 9.97. The SMILES string of the molecule is CC(CC(=O)Nc1ccc(Cl)cc1C(=O)O)NC(=O)OCC1c2ccccc2-c2ccccc21. The lowest BCUT2D eigenvalue weighted by atomic mass is 9.98. The van der Waals surface area contributed by atoms with Crippen molar-refractivity contribution in [2.75, 3.05) is 11.9 Å². The van der Waals surface area contributed by atoms with Gasteiger partial charge in [0, 0.05) is 23.4 Å². The van der Waals surface area contributed by atoms with Crippen molar-refractivity contribution in [1.82, 2.24) is 5.32 Å². The summed E-state index contributed by atoms with van der Waals surface area (Å²) in [4.78, 5) is 36.1. The molecule has 4 rings (SSSR count). The first kappa shape index (κ1) is 23.3. The van der Waals surface area contributed by atoms with Gasteiger partial charge in [-0.25, -0.2) is 9.59 Å². The smallest absolute Gasteiger partial charge is 0.407 e. The molecule has 0 saturated heterocycles. The maximum Gasteiger partial charge on any atom is 0.407 e. The predicted octanol–water partition coefficient (Wildman–Crippen LogP) is 5.29. The van der Waals surface area contributed by atoms with Crippen LogP contribution in [0.3, 0.4) is 0 Å². The van der Waals surface area contributed by atoms with Gasteiger partial charge in [0.05, 0.1) is 11.3 Å². The van der Waals surface area contributed by atoms with E-state index in [4.69, 9.17) is 16.3 Å². The van der Waals surface area contributed by atoms with Gasteiger partial charge in [0.15, 0.2) is 0 Å². The maximum atomic E-state index is 12.4. The predicted molar refractivity (Wildman–Crippen MR) is 129 cm³/mol. The Morgan fingerprint density at radius 3 is 2.24 bits per heavy atom. The molecule has 0 spiro atoms. The van der Waals surface area contributed by atoms with Crippen LogP contribution in [0.25, 0.3) is 11.1 Å². The molecule has 0 fully saturated rings. The molecule has 1 unspecified atom stereocenters. The third-order valence-electron chi connectivity index (χ3n) is 5.69. The summed E-state index contributed by atoms with van der Waals surface area (Å²) in [6.45, 7) is 1.84. The number of halogens is 1. The lowest BCUT2D eigenvalue weighted by Crippen LogP contribution is -2.36. The molecule has 34 heavy (non-hydrogen) atoms. The van der Waals surface area contributed by atoms with Crippen LogP contribution in [0.5, 0.6) is 0 Å². The molecule has 0 saturated carbocycles. The number of amides is 2. The Labute approximate surface area is 201 Å². The Morgan fingerprint density at radius 2 is 1.62 bits per heavy atom. The summed E-state index contributed by atoms with van der Waals surface area (Å²) < 4.78 is 5.50. The van der Waals surface area contributed by atoms with Crippen LogP contribution in [0.2, 0.25) is 5.02 Å². The average Bonchev–Trinajstić information content (AvgIpc) is 3.12. The van der Waals surface area contributed by atoms with Crippen LogP contribution in [-0.2, 0) is 9.53 Å². The number of rotatable bonds is 7. The van der Waals surface area contributed by atoms with Gasteiger partial charge in [0.1, 0.15) is 6.61 Å². The quantitative estimate of drug-likeness (QED) is 0.427. The van der Waals surface area contributed by atoms with E-state index in [0.717, 1.165) is 22.3 Å². The van der Waals surface area contributed by atoms with Gasteiger partial charge in [-0.05, 0) is 47.4 Å². The van der Waals surface area contributed by atoms with E-state index in [1.807, 2.05) is 36.4 Å². The number of alkyl carbamates (subject to hydrolysis) is 1. The van der Waals surface area contributed by atoms with Crippen LogP contribution in [0.1, 0.15) is 40.7 Å². The lowest BCUT2D eigenvalue weighted by molar-refractivity contribution is -0.116. The number of hydrogen-bond acceptors (Lipinski definition) is 4. The molecule has 3 aromatic carbocycles. The summed E-state index contributed by atoms with van der Waals surface area (Å²) in [5.74, 6) is -1.71. The maximum absolute atomic E-state index is 12.4. The van der Waals surface area contributed by atoms with E-state index in [9.17, 15) is 19.5 Å². The first-order chi connectivity index (χ1) is 16.3. The van der Waals surface area contributed by atoms with E-state index in [-0.39, 0.29) is 35.2 Å². The Morgan fingerprint density at radius 1 is 1.00 bits per heavy atom. The summed E-state index contributed by atoms with van der Waals surface area (Å²) in [6, 6.07) is 19.8. The number of anilines is 1. The summed E-state index contributed by atoms with van der Waals surface area (Å²) in [6.07, 6.45) is -0.689. The van der Waals surface area contributed by atoms with Gasteiger partial charge < -0.3 is 20.5 Å². The highest BCUT2D eigenvalue weighted by atomic mass is 35.5. The van der Waals surface area contributed by atoms with Crippen molar-refractivity contribution in [3.63, 3.8) is 0 Å². The van der Waals surface area contributed by atoms with Gasteiger partial charge in [0.2, 0.25) is 5.91 Å². The van der Waals surface area contributed by atoms with Gasteiger partial charge in [-0.2, -0.15) is 0 Å². The summed E-state index contributed by atoms with van der Waals surface area (Å²) >= 11 is 5.83. The lowest BCUT2D eigenvalue weighted by Gasteiger charge is -2.17. The molecule has 1 atom stereocenters. The first-order valence-corrected chi connectivity index (χ1v) is 11.2. The molecule has 174 valence electrons. The normalized spacial score (nSPS) is 12.9. The molecule has 3 N–H and O–H groups in total. The highest BCUT2D eigenvalue weighted by Crippen LogP contribution is 2.44. The highest BCUT2D eigenvalue weighted by Gasteiger charge is 2.29. The average molecular weight is 479 g/mol. The minimum absolute atomic E-state index is 0.0592. The van der Waals surface area contributed by atoms with Crippen molar-refractivity contribution in [1.29, 1.82) is 0 Å². The van der Waals surface area contributed by atoms with Crippen LogP contribution in [0.15, 0.2) is 66.7 Å². The number of fused-ring (bicyclic) bond motifs is 3. The number of carbonyl (C=O) groups is 3. The number of benzene rings is 3. The molecule has 8 heteroatoms. The largest absolute Gasteiger partial charge is 0.478 e. The number of hydrogen-bond donors (Lipinski definition) is 3. The Balaban J connectivity index is 1.32. The number of carboxylic acids is 1. The molecule has 0 bridgehead atoms. The summed E-state index contributed by atoms with van der Waals surface area (Å²) in [5.41, 5.74) is 4.52. The molecule has 0 heterocycles. The van der Waals surface area contributed by atoms with E-state index in [1.165, 1.54) is 18.2 Å². The first-order valence-electron chi connectivity index (χ1n) is 10.8. The van der Waals surface area contributed by atoms with E-state index in [2.05, 4.69) is 22.8 Å². The van der Waals surface area contributed by atoms with Gasteiger partial charge in [-0.3, -0.25) is 4.79 Å². The van der Waals surface area contributed by atoms with E-state index < -0.39 is 24.0 Å². The second-order valence-electron chi connectivity index (χ2n) is 8.12. The number of ether oxygens (including phenoxy) is 1. The number of nitrogens with one attached hydrogen (secondary N) is 2. The Bertz CT molecular complexity index is 1210. The molecule has 3 aromatic rings. The fraction of sp³-hybridized carbons (Fsp3) is 0.192. The van der Waals surface area contributed by atoms with Gasteiger partial charge in [0.25, 0.3) is 0 Å². The van der Waals surface area contributed by atoms with Crippen LogP contribution >= 0.6 is 11.6 Å². The van der Waals surface area contributed by atoms with Gasteiger partial charge in [-0.15, -0.1) is 0 Å². The Kier molecular flexibility index (Phi) is 6.84. The van der Waals surface area contributed by atoms with Crippen molar-refractivity contribution >= 4 is 35.3 Å². The second-order valence-corrected chi connectivity index (χ2v) is 8.55. The number of carbonyl (C=O) groups excluding carboxylic acids is 2. The molecular weight excluding hydrogens is 456 g/mol. The van der Waals surface area contributed by atoms with Crippen molar-refractivity contribution in [2.45, 2.75) is 25.3 Å². The van der Waals surface area contributed by atoms with Crippen molar-refractivity contribution in [2.24, 2.45) is 0 Å². The van der Waals surface area contributed by atoms with Crippen molar-refractivity contribution in [3.05, 3.63) is 88.4 Å². The minimum Gasteiger partial charge on any atom is -0.478 e. The van der Waals surface area contributed by atoms with Crippen LogP contribution in [0.4, 0.5) is 10.5 Å². The van der Waals surface area contributed by atoms with Gasteiger partial charge >= 0.3 is 12.1 Å². The topological polar surface area (TPSA) is 105 Å². The molecule has 1 aliphatic carbocycles. The van der Waals surface area contributed by atoms with E-state index in [1.54, 1.807) is 6.92 Å². The van der Waals surface area contributed by atoms with Crippen LogP contribution in [-0.4, -0.2) is 35.7 Å². The van der Waals surface area contributed by atoms with Crippen molar-refractivity contribution in [3.8, 4) is 11.1 Å². The molecular formula is C26H23ClN2O5. The fourth-order valence-corrected chi connectivity index (χ4v) is 4.35. The monoisotopic (exact) mass is 478 g/mol. The zero-order valence-corrected chi connectivity index (χ0v) is 19.1. The summed E-state index contributed by atoms with van der Waals surface area (Å²) in [5, 5.41) is 14.7. The van der Waals surface area contributed by atoms with Crippen LogP contribution < -0.4 is 10.6 Å². The summed E-state index contributed by atoms with van der Waals surface area (Å²) in [7, 11) is 0. The third kappa shape index (κ3) is 5.05. The molecule has 1 aliphatic rings. The van der Waals surface area contributed by atoms with E-state index >= 15 is 0 Å². The zero-order chi connectivity index (χ0) is 24.2. The number of aromatic carboxylic acids is 1. The zero-order valence-electron chi connectivity index (χ0n) is 18.4. The van der Waals surface area contributed by atoms with Crippen molar-refractivity contribution < 1.29 is 24.2 Å². The number of carboxylic acid groups (broad SMARTS) is 1. The van der Waals surface area contributed by atoms with Crippen LogP contribution in [0, 0.1) is 0 Å². The fourth-order valence-electron chi connectivity index (χ4n) is 4.17. The molecule has 7 nitrogen and oxygen atoms in total. The van der Waals surface area contributed by atoms with Gasteiger partial charge in [-0.1, -0.05) is 60.1 Å². The molecule has 2 amide bonds. The standard InChI is InChI=1S/C26H23ClN2O5/c1-15(12-24(30)29-23-11-10-16(27)13-21(23)25(31)32)28-26(33)34-14-22-19-8-4-2-6-17(19)18-7-3-5-9-20(18)22/h2-11,13,15,22H,12,14H2,1H3,(H,28,33)(H,29,30)(H,31,32). The van der Waals surface area contributed by atoms with E-state index in [0.29, 0.717) is 0 Å². The molecule has 0 aromatic heterocycles.